The van der Waals surface area contributed by atoms with Gasteiger partial charge in [-0.15, -0.1) is 0 Å². The molecule has 6 nitrogen and oxygen atoms in total. The number of anilines is 1. The molecule has 0 unspecified atom stereocenters. The summed E-state index contributed by atoms with van der Waals surface area (Å²) in [7, 11) is -4.11. The number of amides is 1. The lowest BCUT2D eigenvalue weighted by Crippen LogP contribution is -2.07. The summed E-state index contributed by atoms with van der Waals surface area (Å²) in [5.41, 5.74) is 3.87. The van der Waals surface area contributed by atoms with Crippen LogP contribution in [0.4, 0.5) is 5.69 Å². The van der Waals surface area contributed by atoms with E-state index in [1.165, 1.54) is 6.08 Å². The summed E-state index contributed by atoms with van der Waals surface area (Å²) < 4.78 is 11.0. The predicted molar refractivity (Wildman–Crippen MR) is 110 cm³/mol. The highest BCUT2D eigenvalue weighted by Gasteiger charge is 2.13. The molecule has 0 bridgehead atoms. The Kier molecular flexibility index (Phi) is 6.16. The van der Waals surface area contributed by atoms with Crippen LogP contribution >= 0.6 is 7.60 Å². The smallest absolute Gasteiger partial charge is 0.324 e. The lowest BCUT2D eigenvalue weighted by molar-refractivity contribution is -0.111. The molecule has 3 N–H and O–H groups in total. The Morgan fingerprint density at radius 1 is 1.04 bits per heavy atom. The van der Waals surface area contributed by atoms with Gasteiger partial charge in [0, 0.05) is 29.7 Å². The standard InChI is InChI=1S/C21H19N2O4P/c24-21(23-19-9-6-16(7-10-19)15-28(25,26)27)11-8-18-14-22-13-12-20(18)17-4-2-1-3-5-17/h1-14H,15H2,(H,23,24)(H2,25,26,27)/b11-8+. The normalized spacial score (nSPS) is 11.5. The minimum Gasteiger partial charge on any atom is -0.324 e. The molecule has 3 aromatic rings. The van der Waals surface area contributed by atoms with Crippen LogP contribution in [0.25, 0.3) is 17.2 Å². The minimum absolute atomic E-state index is 0.314. The molecular formula is C21H19N2O4P. The van der Waals surface area contributed by atoms with Crippen molar-refractivity contribution in [3.63, 3.8) is 0 Å². The van der Waals surface area contributed by atoms with Crippen LogP contribution in [0, 0.1) is 0 Å². The van der Waals surface area contributed by atoms with E-state index in [9.17, 15) is 9.36 Å². The number of hydrogen-bond donors (Lipinski definition) is 3. The zero-order valence-electron chi connectivity index (χ0n) is 14.9. The Morgan fingerprint density at radius 3 is 2.43 bits per heavy atom. The van der Waals surface area contributed by atoms with E-state index >= 15 is 0 Å². The van der Waals surface area contributed by atoms with Crippen LogP contribution in [0.2, 0.25) is 0 Å². The summed E-state index contributed by atoms with van der Waals surface area (Å²) in [5, 5.41) is 2.72. The van der Waals surface area contributed by atoms with Gasteiger partial charge >= 0.3 is 7.60 Å². The van der Waals surface area contributed by atoms with Gasteiger partial charge in [0.15, 0.2) is 0 Å². The van der Waals surface area contributed by atoms with Crippen molar-refractivity contribution in [3.8, 4) is 11.1 Å². The third-order valence-electron chi connectivity index (χ3n) is 3.96. The first-order chi connectivity index (χ1) is 13.4. The van der Waals surface area contributed by atoms with Gasteiger partial charge in [-0.25, -0.2) is 0 Å². The Labute approximate surface area is 162 Å². The van der Waals surface area contributed by atoms with Gasteiger partial charge in [-0.3, -0.25) is 14.3 Å². The molecule has 0 spiro atoms. The van der Waals surface area contributed by atoms with Crippen LogP contribution < -0.4 is 5.32 Å². The third-order valence-corrected chi connectivity index (χ3v) is 4.74. The first kappa shape index (κ1) is 19.7. The van der Waals surface area contributed by atoms with Gasteiger partial charge in [-0.05, 0) is 41.0 Å². The van der Waals surface area contributed by atoms with Gasteiger partial charge in [0.25, 0.3) is 0 Å². The number of carbonyl (C=O) groups excluding carboxylic acids is 1. The average molecular weight is 394 g/mol. The van der Waals surface area contributed by atoms with Gasteiger partial charge < -0.3 is 15.1 Å². The quantitative estimate of drug-likeness (QED) is 0.432. The van der Waals surface area contributed by atoms with Crippen molar-refractivity contribution >= 4 is 25.3 Å². The van der Waals surface area contributed by atoms with Crippen molar-refractivity contribution < 1.29 is 19.1 Å². The van der Waals surface area contributed by atoms with Crippen LogP contribution in [0.1, 0.15) is 11.1 Å². The monoisotopic (exact) mass is 394 g/mol. The first-order valence-corrected chi connectivity index (χ1v) is 10.3. The largest absolute Gasteiger partial charge is 0.329 e. The van der Waals surface area contributed by atoms with E-state index in [0.717, 1.165) is 16.7 Å². The lowest BCUT2D eigenvalue weighted by atomic mass is 10.0. The number of aromatic nitrogens is 1. The van der Waals surface area contributed by atoms with Crippen molar-refractivity contribution in [2.24, 2.45) is 0 Å². The number of hydrogen-bond acceptors (Lipinski definition) is 3. The highest BCUT2D eigenvalue weighted by molar-refractivity contribution is 7.50. The zero-order valence-corrected chi connectivity index (χ0v) is 15.8. The van der Waals surface area contributed by atoms with E-state index in [-0.39, 0.29) is 12.1 Å². The van der Waals surface area contributed by atoms with Gasteiger partial charge in [0.05, 0.1) is 6.16 Å². The number of benzene rings is 2. The summed E-state index contributed by atoms with van der Waals surface area (Å²) in [4.78, 5) is 34.3. The molecule has 3 rings (SSSR count). The van der Waals surface area contributed by atoms with E-state index < -0.39 is 7.60 Å². The molecular weight excluding hydrogens is 375 g/mol. The number of nitrogens with one attached hydrogen (secondary N) is 1. The van der Waals surface area contributed by atoms with E-state index in [0.29, 0.717) is 11.3 Å². The molecule has 1 amide bonds. The second kappa shape index (κ2) is 8.76. The molecule has 0 aliphatic rings. The fourth-order valence-corrected chi connectivity index (χ4v) is 3.39. The van der Waals surface area contributed by atoms with E-state index in [1.807, 2.05) is 36.4 Å². The molecule has 0 saturated carbocycles. The molecule has 2 aromatic carbocycles. The zero-order chi connectivity index (χ0) is 20.0. The van der Waals surface area contributed by atoms with Crippen molar-refractivity contribution in [3.05, 3.63) is 90.3 Å². The van der Waals surface area contributed by atoms with Gasteiger partial charge in [-0.1, -0.05) is 42.5 Å². The number of pyridine rings is 1. The molecule has 0 fully saturated rings. The van der Waals surface area contributed by atoms with Crippen molar-refractivity contribution in [2.75, 3.05) is 5.32 Å². The summed E-state index contributed by atoms with van der Waals surface area (Å²) in [6, 6.07) is 18.1. The molecule has 0 aliphatic carbocycles. The average Bonchev–Trinajstić information content (AvgIpc) is 2.68. The summed E-state index contributed by atoms with van der Waals surface area (Å²) in [6.45, 7) is 0. The van der Waals surface area contributed by atoms with Crippen molar-refractivity contribution in [1.82, 2.24) is 4.98 Å². The van der Waals surface area contributed by atoms with Gasteiger partial charge in [0.1, 0.15) is 0 Å². The Hall–Kier alpha value is -3.05. The highest BCUT2D eigenvalue weighted by atomic mass is 31.2. The van der Waals surface area contributed by atoms with Gasteiger partial charge in [-0.2, -0.15) is 0 Å². The summed E-state index contributed by atoms with van der Waals surface area (Å²) in [5.74, 6) is -0.314. The van der Waals surface area contributed by atoms with E-state index in [1.54, 1.807) is 42.7 Å². The van der Waals surface area contributed by atoms with E-state index in [2.05, 4.69) is 10.3 Å². The van der Waals surface area contributed by atoms with E-state index in [4.69, 9.17) is 9.79 Å². The lowest BCUT2D eigenvalue weighted by Gasteiger charge is -2.07. The Balaban J connectivity index is 1.69. The van der Waals surface area contributed by atoms with Crippen LogP contribution in [0.5, 0.6) is 0 Å². The fraction of sp³-hybridized carbons (Fsp3) is 0.0476. The molecule has 0 aliphatic heterocycles. The Bertz CT molecular complexity index is 1030. The second-order valence-corrected chi connectivity index (χ2v) is 7.82. The predicted octanol–water partition coefficient (Wildman–Crippen LogP) is 4.08. The molecule has 28 heavy (non-hydrogen) atoms. The molecule has 0 saturated heterocycles. The maximum Gasteiger partial charge on any atom is 0.329 e. The maximum atomic E-state index is 12.2. The van der Waals surface area contributed by atoms with Crippen LogP contribution in [-0.2, 0) is 15.5 Å². The molecule has 142 valence electrons. The third kappa shape index (κ3) is 5.72. The number of carbonyl (C=O) groups is 1. The molecule has 0 radical (unpaired) electrons. The molecule has 0 atom stereocenters. The Morgan fingerprint density at radius 2 is 1.75 bits per heavy atom. The van der Waals surface area contributed by atoms with Crippen molar-refractivity contribution in [2.45, 2.75) is 6.16 Å². The molecule has 1 aromatic heterocycles. The highest BCUT2D eigenvalue weighted by Crippen LogP contribution is 2.39. The minimum atomic E-state index is -4.11. The maximum absolute atomic E-state index is 12.2. The first-order valence-electron chi connectivity index (χ1n) is 8.53. The van der Waals surface area contributed by atoms with Crippen LogP contribution in [0.3, 0.4) is 0 Å². The molecule has 7 heteroatoms. The van der Waals surface area contributed by atoms with Gasteiger partial charge in [0.2, 0.25) is 5.91 Å². The topological polar surface area (TPSA) is 99.5 Å². The summed E-state index contributed by atoms with van der Waals surface area (Å²) in [6.07, 6.45) is 6.20. The number of rotatable bonds is 6. The molecule has 1 heterocycles. The van der Waals surface area contributed by atoms with Crippen molar-refractivity contribution in [1.29, 1.82) is 0 Å². The summed E-state index contributed by atoms with van der Waals surface area (Å²) >= 11 is 0. The van der Waals surface area contributed by atoms with Crippen LogP contribution in [-0.4, -0.2) is 20.7 Å². The number of nitrogens with zero attached hydrogens (tertiary/aromatic N) is 1. The SMILES string of the molecule is O=C(/C=C/c1cnccc1-c1ccccc1)Nc1ccc(CP(=O)(O)O)cc1. The fourth-order valence-electron chi connectivity index (χ4n) is 2.70. The second-order valence-electron chi connectivity index (χ2n) is 6.17. The van der Waals surface area contributed by atoms with Crippen LogP contribution in [0.15, 0.2) is 79.1 Å².